The molecule has 0 saturated carbocycles. The fourth-order valence-corrected chi connectivity index (χ4v) is 1.17. The highest BCUT2D eigenvalue weighted by molar-refractivity contribution is 5.77. The average Bonchev–Trinajstić information content (AvgIpc) is 2.17. The van der Waals surface area contributed by atoms with Crippen molar-refractivity contribution in [2.75, 3.05) is 21.2 Å². The molecule has 0 aliphatic rings. The molecule has 0 radical (unpaired) electrons. The standard InChI is InChI=1S/C10H14N2O2/c1-12(2)6-9-5-11-10(14-3)4-8(9)7-13/h4-5,7H,6H2,1-3H3. The molecule has 1 aromatic rings. The predicted octanol–water partition coefficient (Wildman–Crippen LogP) is 0.964. The molecule has 0 fully saturated rings. The Labute approximate surface area is 83.5 Å². The van der Waals surface area contributed by atoms with Gasteiger partial charge in [-0.1, -0.05) is 0 Å². The van der Waals surface area contributed by atoms with Crippen LogP contribution in [0, 0.1) is 0 Å². The molecule has 0 bridgehead atoms. The van der Waals surface area contributed by atoms with Gasteiger partial charge in [0.05, 0.1) is 7.11 Å². The Balaban J connectivity index is 2.99. The van der Waals surface area contributed by atoms with Gasteiger partial charge in [0.15, 0.2) is 6.29 Å². The maximum Gasteiger partial charge on any atom is 0.213 e. The molecule has 4 heteroatoms. The monoisotopic (exact) mass is 194 g/mol. The summed E-state index contributed by atoms with van der Waals surface area (Å²) >= 11 is 0. The summed E-state index contributed by atoms with van der Waals surface area (Å²) in [6.45, 7) is 0.699. The second-order valence-corrected chi connectivity index (χ2v) is 3.28. The lowest BCUT2D eigenvalue weighted by Crippen LogP contribution is -2.12. The molecule has 76 valence electrons. The minimum absolute atomic E-state index is 0.467. The maximum atomic E-state index is 10.8. The maximum absolute atomic E-state index is 10.8. The van der Waals surface area contributed by atoms with Crippen LogP contribution < -0.4 is 4.74 Å². The lowest BCUT2D eigenvalue weighted by Gasteiger charge is -2.11. The molecule has 0 aromatic carbocycles. The van der Waals surface area contributed by atoms with Crippen LogP contribution in [0.1, 0.15) is 15.9 Å². The smallest absolute Gasteiger partial charge is 0.213 e. The van der Waals surface area contributed by atoms with Crippen molar-refractivity contribution in [1.82, 2.24) is 9.88 Å². The van der Waals surface area contributed by atoms with E-state index < -0.39 is 0 Å². The van der Waals surface area contributed by atoms with Gasteiger partial charge in [-0.2, -0.15) is 0 Å². The number of aldehydes is 1. The number of carbonyl (C=O) groups is 1. The number of hydrogen-bond donors (Lipinski definition) is 0. The first-order valence-corrected chi connectivity index (χ1v) is 4.30. The van der Waals surface area contributed by atoms with Crippen LogP contribution in [-0.2, 0) is 6.54 Å². The van der Waals surface area contributed by atoms with Crippen LogP contribution >= 0.6 is 0 Å². The van der Waals surface area contributed by atoms with Gasteiger partial charge in [0.1, 0.15) is 0 Å². The number of aromatic nitrogens is 1. The van der Waals surface area contributed by atoms with Gasteiger partial charge in [0.25, 0.3) is 0 Å². The number of ether oxygens (including phenoxy) is 1. The lowest BCUT2D eigenvalue weighted by molar-refractivity contribution is 0.112. The molecule has 1 heterocycles. The van der Waals surface area contributed by atoms with E-state index in [4.69, 9.17) is 4.74 Å². The largest absolute Gasteiger partial charge is 0.481 e. The Hall–Kier alpha value is -1.42. The van der Waals surface area contributed by atoms with Gasteiger partial charge in [-0.25, -0.2) is 4.98 Å². The third kappa shape index (κ3) is 2.53. The molecule has 0 unspecified atom stereocenters. The van der Waals surface area contributed by atoms with E-state index >= 15 is 0 Å². The van der Waals surface area contributed by atoms with Crippen LogP contribution in [0.25, 0.3) is 0 Å². The van der Waals surface area contributed by atoms with E-state index in [1.165, 1.54) is 7.11 Å². The van der Waals surface area contributed by atoms with Crippen LogP contribution in [0.5, 0.6) is 5.88 Å². The van der Waals surface area contributed by atoms with Crippen LogP contribution in [0.15, 0.2) is 12.3 Å². The highest BCUT2D eigenvalue weighted by Crippen LogP contribution is 2.13. The Morgan fingerprint density at radius 2 is 2.29 bits per heavy atom. The molecule has 0 saturated heterocycles. The zero-order valence-electron chi connectivity index (χ0n) is 8.65. The molecule has 4 nitrogen and oxygen atoms in total. The van der Waals surface area contributed by atoms with Crippen LogP contribution in [-0.4, -0.2) is 37.4 Å². The van der Waals surface area contributed by atoms with E-state index in [1.807, 2.05) is 19.0 Å². The summed E-state index contributed by atoms with van der Waals surface area (Å²) in [6.07, 6.45) is 2.49. The van der Waals surface area contributed by atoms with E-state index in [0.29, 0.717) is 18.0 Å². The summed E-state index contributed by atoms with van der Waals surface area (Å²) in [5.74, 6) is 0.467. The quantitative estimate of drug-likeness (QED) is 0.670. The second-order valence-electron chi connectivity index (χ2n) is 3.28. The van der Waals surface area contributed by atoms with Gasteiger partial charge in [-0.3, -0.25) is 4.79 Å². The summed E-state index contributed by atoms with van der Waals surface area (Å²) in [5, 5.41) is 0. The SMILES string of the molecule is COc1cc(C=O)c(CN(C)C)cn1. The van der Waals surface area contributed by atoms with Gasteiger partial charge in [0.2, 0.25) is 5.88 Å². The molecule has 0 N–H and O–H groups in total. The van der Waals surface area contributed by atoms with E-state index in [-0.39, 0.29) is 0 Å². The summed E-state index contributed by atoms with van der Waals surface area (Å²) in [6, 6.07) is 1.64. The predicted molar refractivity (Wildman–Crippen MR) is 53.6 cm³/mol. The van der Waals surface area contributed by atoms with Crippen molar-refractivity contribution >= 4 is 6.29 Å². The van der Waals surface area contributed by atoms with Crippen molar-refractivity contribution in [1.29, 1.82) is 0 Å². The topological polar surface area (TPSA) is 42.4 Å². The van der Waals surface area contributed by atoms with Crippen molar-refractivity contribution in [2.45, 2.75) is 6.54 Å². The highest BCUT2D eigenvalue weighted by atomic mass is 16.5. The molecule has 0 aliphatic carbocycles. The molecule has 1 aromatic heterocycles. The van der Waals surface area contributed by atoms with E-state index in [1.54, 1.807) is 12.3 Å². The van der Waals surface area contributed by atoms with Crippen LogP contribution in [0.4, 0.5) is 0 Å². The minimum Gasteiger partial charge on any atom is -0.481 e. The van der Waals surface area contributed by atoms with Crippen LogP contribution in [0.3, 0.4) is 0 Å². The third-order valence-electron chi connectivity index (χ3n) is 1.82. The normalized spacial score (nSPS) is 10.3. The number of carbonyl (C=O) groups excluding carboxylic acids is 1. The summed E-state index contributed by atoms with van der Waals surface area (Å²) in [5.41, 5.74) is 1.54. The average molecular weight is 194 g/mol. The molecule has 1 rings (SSSR count). The number of hydrogen-bond acceptors (Lipinski definition) is 4. The second kappa shape index (κ2) is 4.72. The van der Waals surface area contributed by atoms with Crippen molar-refractivity contribution in [3.8, 4) is 5.88 Å². The Bertz CT molecular complexity index is 324. The molecule has 0 aliphatic heterocycles. The van der Waals surface area contributed by atoms with Gasteiger partial charge >= 0.3 is 0 Å². The Kier molecular flexibility index (Phi) is 3.59. The fraction of sp³-hybridized carbons (Fsp3) is 0.400. The Morgan fingerprint density at radius 1 is 1.57 bits per heavy atom. The number of rotatable bonds is 4. The van der Waals surface area contributed by atoms with E-state index in [0.717, 1.165) is 11.8 Å². The van der Waals surface area contributed by atoms with Crippen molar-refractivity contribution in [3.05, 3.63) is 23.4 Å². The first kappa shape index (κ1) is 10.7. The lowest BCUT2D eigenvalue weighted by atomic mass is 10.1. The Morgan fingerprint density at radius 3 is 2.79 bits per heavy atom. The summed E-state index contributed by atoms with van der Waals surface area (Å²) in [4.78, 5) is 16.8. The number of pyridine rings is 1. The first-order chi connectivity index (χ1) is 6.67. The zero-order valence-corrected chi connectivity index (χ0v) is 8.65. The van der Waals surface area contributed by atoms with Gasteiger partial charge < -0.3 is 9.64 Å². The van der Waals surface area contributed by atoms with Gasteiger partial charge in [0, 0.05) is 24.4 Å². The molecule has 0 spiro atoms. The molecule has 0 atom stereocenters. The number of nitrogens with zero attached hydrogens (tertiary/aromatic N) is 2. The zero-order chi connectivity index (χ0) is 10.6. The molecular formula is C10H14N2O2. The number of methoxy groups -OCH3 is 1. The van der Waals surface area contributed by atoms with Crippen LogP contribution in [0.2, 0.25) is 0 Å². The highest BCUT2D eigenvalue weighted by Gasteiger charge is 2.05. The van der Waals surface area contributed by atoms with Crippen molar-refractivity contribution in [3.63, 3.8) is 0 Å². The van der Waals surface area contributed by atoms with E-state index in [2.05, 4.69) is 4.98 Å². The third-order valence-corrected chi connectivity index (χ3v) is 1.82. The molecule has 14 heavy (non-hydrogen) atoms. The van der Waals surface area contributed by atoms with E-state index in [9.17, 15) is 4.79 Å². The van der Waals surface area contributed by atoms with Gasteiger partial charge in [-0.05, 0) is 19.7 Å². The minimum atomic E-state index is 0.467. The molecular weight excluding hydrogens is 180 g/mol. The first-order valence-electron chi connectivity index (χ1n) is 4.30. The van der Waals surface area contributed by atoms with Gasteiger partial charge in [-0.15, -0.1) is 0 Å². The summed E-state index contributed by atoms with van der Waals surface area (Å²) < 4.78 is 4.93. The van der Waals surface area contributed by atoms with Crippen molar-refractivity contribution < 1.29 is 9.53 Å². The fourth-order valence-electron chi connectivity index (χ4n) is 1.17. The summed E-state index contributed by atoms with van der Waals surface area (Å²) in [7, 11) is 5.42. The molecule has 0 amide bonds. The van der Waals surface area contributed by atoms with Crippen molar-refractivity contribution in [2.24, 2.45) is 0 Å².